The second kappa shape index (κ2) is 6.72. The molecule has 0 amide bonds. The maximum Gasteiger partial charge on any atom is 0.0746 e. The summed E-state index contributed by atoms with van der Waals surface area (Å²) in [4.78, 5) is 0. The summed E-state index contributed by atoms with van der Waals surface area (Å²) < 4.78 is 0. The first kappa shape index (κ1) is 14.9. The van der Waals surface area contributed by atoms with Crippen LogP contribution < -0.4 is 5.32 Å². The summed E-state index contributed by atoms with van der Waals surface area (Å²) >= 11 is 0. The van der Waals surface area contributed by atoms with Gasteiger partial charge in [0.25, 0.3) is 0 Å². The maximum atomic E-state index is 10.2. The van der Waals surface area contributed by atoms with E-state index in [0.29, 0.717) is 19.0 Å². The van der Waals surface area contributed by atoms with Crippen molar-refractivity contribution in [3.63, 3.8) is 0 Å². The van der Waals surface area contributed by atoms with Crippen LogP contribution in [0.5, 0.6) is 0 Å². The molecule has 0 heterocycles. The molecule has 2 N–H and O–H groups in total. The Morgan fingerprint density at radius 2 is 1.94 bits per heavy atom. The lowest BCUT2D eigenvalue weighted by molar-refractivity contribution is 0.0397. The predicted octanol–water partition coefficient (Wildman–Crippen LogP) is 3.09. The molecule has 18 heavy (non-hydrogen) atoms. The molecule has 1 atom stereocenters. The Bertz CT molecular complexity index is 368. The van der Waals surface area contributed by atoms with Crippen LogP contribution in [0.2, 0.25) is 0 Å². The van der Waals surface area contributed by atoms with Gasteiger partial charge in [0, 0.05) is 13.1 Å². The van der Waals surface area contributed by atoms with Crippen LogP contribution in [0.15, 0.2) is 36.9 Å². The Balaban J connectivity index is 2.36. The predicted molar refractivity (Wildman–Crippen MR) is 78.4 cm³/mol. The highest BCUT2D eigenvalue weighted by molar-refractivity contribution is 5.64. The molecular formula is C16H25NO. The largest absolute Gasteiger partial charge is 0.389 e. The van der Waals surface area contributed by atoms with Crippen molar-refractivity contribution in [3.8, 4) is 0 Å². The second-order valence-electron chi connectivity index (χ2n) is 5.67. The summed E-state index contributed by atoms with van der Waals surface area (Å²) in [5.74, 6) is 0.499. The van der Waals surface area contributed by atoms with Crippen LogP contribution in [0, 0.1) is 5.92 Å². The summed E-state index contributed by atoms with van der Waals surface area (Å²) in [5, 5.41) is 13.5. The minimum absolute atomic E-state index is 0.499. The van der Waals surface area contributed by atoms with E-state index in [-0.39, 0.29) is 0 Å². The Morgan fingerprint density at radius 3 is 2.50 bits per heavy atom. The van der Waals surface area contributed by atoms with Gasteiger partial charge in [-0.05, 0) is 30.4 Å². The van der Waals surface area contributed by atoms with Gasteiger partial charge in [-0.3, -0.25) is 0 Å². The zero-order chi connectivity index (χ0) is 13.6. The zero-order valence-electron chi connectivity index (χ0n) is 11.7. The lowest BCUT2D eigenvalue weighted by Crippen LogP contribution is -2.39. The summed E-state index contributed by atoms with van der Waals surface area (Å²) in [7, 11) is 0. The summed E-state index contributed by atoms with van der Waals surface area (Å²) in [6, 6.07) is 10.1. The highest BCUT2D eigenvalue weighted by Gasteiger charge is 2.21. The second-order valence-corrected chi connectivity index (χ2v) is 5.67. The van der Waals surface area contributed by atoms with Gasteiger partial charge in [-0.1, -0.05) is 50.8 Å². The van der Waals surface area contributed by atoms with Gasteiger partial charge >= 0.3 is 0 Å². The van der Waals surface area contributed by atoms with Crippen molar-refractivity contribution in [2.45, 2.75) is 32.8 Å². The molecular weight excluding hydrogens is 222 g/mol. The molecule has 100 valence electrons. The molecule has 1 aromatic rings. The van der Waals surface area contributed by atoms with E-state index in [1.807, 2.05) is 25.1 Å². The van der Waals surface area contributed by atoms with Crippen LogP contribution in [-0.4, -0.2) is 23.8 Å². The van der Waals surface area contributed by atoms with Crippen LogP contribution in [-0.2, 0) is 0 Å². The van der Waals surface area contributed by atoms with Crippen molar-refractivity contribution in [1.29, 1.82) is 0 Å². The smallest absolute Gasteiger partial charge is 0.0746 e. The van der Waals surface area contributed by atoms with Gasteiger partial charge in [0.1, 0.15) is 0 Å². The third-order valence-corrected chi connectivity index (χ3v) is 2.87. The molecule has 2 heteroatoms. The summed E-state index contributed by atoms with van der Waals surface area (Å²) in [6.45, 7) is 11.5. The molecule has 0 saturated heterocycles. The van der Waals surface area contributed by atoms with Crippen molar-refractivity contribution in [2.24, 2.45) is 5.92 Å². The van der Waals surface area contributed by atoms with E-state index in [0.717, 1.165) is 17.6 Å². The van der Waals surface area contributed by atoms with Gasteiger partial charge < -0.3 is 10.4 Å². The van der Waals surface area contributed by atoms with Crippen molar-refractivity contribution in [1.82, 2.24) is 5.32 Å². The average Bonchev–Trinajstić information content (AvgIpc) is 2.28. The molecule has 0 radical (unpaired) electrons. The number of aliphatic hydroxyl groups is 1. The number of rotatable bonds is 7. The lowest BCUT2D eigenvalue weighted by Gasteiger charge is -2.26. The molecule has 1 aromatic carbocycles. The molecule has 0 spiro atoms. The van der Waals surface area contributed by atoms with Gasteiger partial charge in [-0.25, -0.2) is 0 Å². The molecule has 0 aliphatic carbocycles. The van der Waals surface area contributed by atoms with E-state index >= 15 is 0 Å². The van der Waals surface area contributed by atoms with Gasteiger partial charge in [0.15, 0.2) is 0 Å². The van der Waals surface area contributed by atoms with E-state index in [4.69, 9.17) is 0 Å². The first-order chi connectivity index (χ1) is 8.41. The third kappa shape index (κ3) is 5.48. The van der Waals surface area contributed by atoms with E-state index < -0.39 is 5.60 Å². The fraction of sp³-hybridized carbons (Fsp3) is 0.500. The minimum Gasteiger partial charge on any atom is -0.389 e. The SMILES string of the molecule is C=C(CNCC(C)(O)CC(C)C)c1ccccc1. The molecule has 1 unspecified atom stereocenters. The summed E-state index contributed by atoms with van der Waals surface area (Å²) in [6.07, 6.45) is 0.803. The van der Waals surface area contributed by atoms with Crippen LogP contribution in [0.1, 0.15) is 32.8 Å². The first-order valence-electron chi connectivity index (χ1n) is 6.57. The van der Waals surface area contributed by atoms with Crippen LogP contribution in [0.3, 0.4) is 0 Å². The number of hydrogen-bond acceptors (Lipinski definition) is 2. The third-order valence-electron chi connectivity index (χ3n) is 2.87. The van der Waals surface area contributed by atoms with Crippen molar-refractivity contribution >= 4 is 5.57 Å². The molecule has 0 aromatic heterocycles. The van der Waals surface area contributed by atoms with Crippen molar-refractivity contribution in [3.05, 3.63) is 42.5 Å². The van der Waals surface area contributed by atoms with Gasteiger partial charge in [-0.15, -0.1) is 0 Å². The van der Waals surface area contributed by atoms with Crippen LogP contribution >= 0.6 is 0 Å². The molecule has 0 fully saturated rings. The van der Waals surface area contributed by atoms with E-state index in [9.17, 15) is 5.11 Å². The van der Waals surface area contributed by atoms with Gasteiger partial charge in [-0.2, -0.15) is 0 Å². The quantitative estimate of drug-likeness (QED) is 0.776. The first-order valence-corrected chi connectivity index (χ1v) is 6.57. The van der Waals surface area contributed by atoms with Gasteiger partial charge in [0.2, 0.25) is 0 Å². The Kier molecular flexibility index (Phi) is 5.57. The van der Waals surface area contributed by atoms with E-state index in [1.54, 1.807) is 0 Å². The van der Waals surface area contributed by atoms with Gasteiger partial charge in [0.05, 0.1) is 5.60 Å². The highest BCUT2D eigenvalue weighted by Crippen LogP contribution is 2.16. The molecule has 0 bridgehead atoms. The van der Waals surface area contributed by atoms with E-state index in [1.165, 1.54) is 0 Å². The normalized spacial score (nSPS) is 14.5. The molecule has 0 aliphatic rings. The fourth-order valence-corrected chi connectivity index (χ4v) is 2.21. The van der Waals surface area contributed by atoms with Crippen molar-refractivity contribution < 1.29 is 5.11 Å². The standard InChI is InChI=1S/C16H25NO/c1-13(2)10-16(4,18)12-17-11-14(3)15-8-6-5-7-9-15/h5-9,13,17-18H,3,10-12H2,1-2,4H3. The zero-order valence-corrected chi connectivity index (χ0v) is 11.7. The number of nitrogens with one attached hydrogen (secondary N) is 1. The van der Waals surface area contributed by atoms with E-state index in [2.05, 4.69) is 37.9 Å². The monoisotopic (exact) mass is 247 g/mol. The van der Waals surface area contributed by atoms with Crippen molar-refractivity contribution in [2.75, 3.05) is 13.1 Å². The Morgan fingerprint density at radius 1 is 1.33 bits per heavy atom. The number of hydrogen-bond donors (Lipinski definition) is 2. The maximum absolute atomic E-state index is 10.2. The fourth-order valence-electron chi connectivity index (χ4n) is 2.21. The minimum atomic E-state index is -0.648. The lowest BCUT2D eigenvalue weighted by atomic mass is 9.94. The molecule has 2 nitrogen and oxygen atoms in total. The Hall–Kier alpha value is -1.12. The summed E-state index contributed by atoms with van der Waals surface area (Å²) in [5.41, 5.74) is 1.55. The highest BCUT2D eigenvalue weighted by atomic mass is 16.3. The average molecular weight is 247 g/mol. The molecule has 1 rings (SSSR count). The molecule has 0 saturated carbocycles. The topological polar surface area (TPSA) is 32.3 Å². The molecule has 0 aliphatic heterocycles. The number of benzene rings is 1. The Labute approximate surface area is 111 Å². The van der Waals surface area contributed by atoms with Crippen LogP contribution in [0.25, 0.3) is 5.57 Å². The van der Waals surface area contributed by atoms with Crippen LogP contribution in [0.4, 0.5) is 0 Å².